The first kappa shape index (κ1) is 12.1. The van der Waals surface area contributed by atoms with Crippen molar-refractivity contribution in [2.24, 2.45) is 0 Å². The van der Waals surface area contributed by atoms with Crippen LogP contribution in [0.15, 0.2) is 41.3 Å². The Kier molecular flexibility index (Phi) is 3.48. The van der Waals surface area contributed by atoms with Crippen molar-refractivity contribution in [1.82, 2.24) is 4.57 Å². The van der Waals surface area contributed by atoms with Gasteiger partial charge in [0.15, 0.2) is 0 Å². The first-order valence-electron chi connectivity index (χ1n) is 5.47. The Morgan fingerprint density at radius 2 is 1.82 bits per heavy atom. The van der Waals surface area contributed by atoms with Crippen LogP contribution in [-0.4, -0.2) is 4.57 Å². The predicted molar refractivity (Wildman–Crippen MR) is 74.1 cm³/mol. The molecule has 88 valence electrons. The fraction of sp³-hybridized carbons (Fsp3) is 0.214. The summed E-state index contributed by atoms with van der Waals surface area (Å²) in [7, 11) is 0. The molecule has 0 aliphatic rings. The summed E-state index contributed by atoms with van der Waals surface area (Å²) in [5.74, 6) is 0. The Hall–Kier alpha value is -1.35. The topological polar surface area (TPSA) is 22.0 Å². The van der Waals surface area contributed by atoms with E-state index in [9.17, 15) is 4.79 Å². The smallest absolute Gasteiger partial charge is 0.255 e. The van der Waals surface area contributed by atoms with Gasteiger partial charge in [0.25, 0.3) is 5.56 Å². The summed E-state index contributed by atoms with van der Waals surface area (Å²) in [4.78, 5) is 12.0. The number of nitrogens with zero attached hydrogens (tertiary/aromatic N) is 1. The molecule has 0 aliphatic carbocycles. The van der Waals surface area contributed by atoms with Crippen molar-refractivity contribution in [2.75, 3.05) is 0 Å². The summed E-state index contributed by atoms with van der Waals surface area (Å²) in [6, 6.07) is 9.63. The fourth-order valence-corrected chi connectivity index (χ4v) is 2.33. The Bertz CT molecular complexity index is 584. The molecule has 0 aliphatic heterocycles. The maximum absolute atomic E-state index is 12.0. The lowest BCUT2D eigenvalue weighted by Gasteiger charge is -2.09. The van der Waals surface area contributed by atoms with E-state index in [1.54, 1.807) is 10.6 Å². The number of aryl methyl sites for hydroxylation is 2. The SMILES string of the molecule is Cc1ccc(-n2cc(C)c(CBr)cc2=O)cc1. The van der Waals surface area contributed by atoms with E-state index in [1.807, 2.05) is 44.3 Å². The highest BCUT2D eigenvalue weighted by atomic mass is 79.9. The zero-order chi connectivity index (χ0) is 12.4. The number of halogens is 1. The largest absolute Gasteiger partial charge is 0.284 e. The second-order valence-electron chi connectivity index (χ2n) is 4.16. The number of pyridine rings is 1. The van der Waals surface area contributed by atoms with E-state index in [0.29, 0.717) is 5.33 Å². The summed E-state index contributed by atoms with van der Waals surface area (Å²) < 4.78 is 1.68. The molecule has 2 rings (SSSR count). The summed E-state index contributed by atoms with van der Waals surface area (Å²) in [5.41, 5.74) is 4.26. The van der Waals surface area contributed by atoms with Gasteiger partial charge in [-0.1, -0.05) is 33.6 Å². The van der Waals surface area contributed by atoms with E-state index in [4.69, 9.17) is 0 Å². The Labute approximate surface area is 109 Å². The number of aromatic nitrogens is 1. The van der Waals surface area contributed by atoms with Gasteiger partial charge in [0, 0.05) is 23.3 Å². The Balaban J connectivity index is 2.56. The van der Waals surface area contributed by atoms with Crippen LogP contribution in [0.25, 0.3) is 5.69 Å². The third kappa shape index (κ3) is 2.50. The molecule has 2 aromatic rings. The van der Waals surface area contributed by atoms with Crippen LogP contribution in [0.4, 0.5) is 0 Å². The molecule has 0 unspecified atom stereocenters. The second kappa shape index (κ2) is 4.88. The number of rotatable bonds is 2. The van der Waals surface area contributed by atoms with Gasteiger partial charge in [0.2, 0.25) is 0 Å². The van der Waals surface area contributed by atoms with E-state index in [0.717, 1.165) is 16.8 Å². The lowest BCUT2D eigenvalue weighted by atomic mass is 10.1. The highest BCUT2D eigenvalue weighted by Crippen LogP contribution is 2.12. The van der Waals surface area contributed by atoms with E-state index in [2.05, 4.69) is 15.9 Å². The van der Waals surface area contributed by atoms with Crippen molar-refractivity contribution in [1.29, 1.82) is 0 Å². The van der Waals surface area contributed by atoms with Gasteiger partial charge < -0.3 is 0 Å². The van der Waals surface area contributed by atoms with Crippen LogP contribution in [0, 0.1) is 13.8 Å². The maximum Gasteiger partial charge on any atom is 0.255 e. The number of alkyl halides is 1. The van der Waals surface area contributed by atoms with Crippen LogP contribution < -0.4 is 5.56 Å². The average Bonchev–Trinajstić information content (AvgIpc) is 2.33. The predicted octanol–water partition coefficient (Wildman–Crippen LogP) is 3.35. The molecule has 0 bridgehead atoms. The minimum Gasteiger partial charge on any atom is -0.284 e. The average molecular weight is 292 g/mol. The summed E-state index contributed by atoms with van der Waals surface area (Å²) in [5, 5.41) is 0.711. The van der Waals surface area contributed by atoms with Gasteiger partial charge in [0.1, 0.15) is 0 Å². The van der Waals surface area contributed by atoms with Gasteiger partial charge in [0.05, 0.1) is 0 Å². The third-order valence-electron chi connectivity index (χ3n) is 2.82. The molecule has 1 aromatic carbocycles. The van der Waals surface area contributed by atoms with Crippen molar-refractivity contribution < 1.29 is 0 Å². The summed E-state index contributed by atoms with van der Waals surface area (Å²) in [6.07, 6.45) is 1.89. The second-order valence-corrected chi connectivity index (χ2v) is 4.72. The first-order chi connectivity index (χ1) is 8.11. The zero-order valence-electron chi connectivity index (χ0n) is 9.90. The molecule has 3 heteroatoms. The summed E-state index contributed by atoms with van der Waals surface area (Å²) in [6.45, 7) is 4.05. The molecule has 0 saturated carbocycles. The van der Waals surface area contributed by atoms with E-state index >= 15 is 0 Å². The first-order valence-corrected chi connectivity index (χ1v) is 6.59. The molecule has 0 N–H and O–H groups in total. The van der Waals surface area contributed by atoms with E-state index in [-0.39, 0.29) is 5.56 Å². The molecule has 17 heavy (non-hydrogen) atoms. The van der Waals surface area contributed by atoms with Crippen LogP contribution in [-0.2, 0) is 5.33 Å². The van der Waals surface area contributed by atoms with Crippen LogP contribution in [0.5, 0.6) is 0 Å². The van der Waals surface area contributed by atoms with Crippen molar-refractivity contribution in [3.8, 4) is 5.69 Å². The molecule has 1 aromatic heterocycles. The molecular formula is C14H14BrNO. The number of benzene rings is 1. The Morgan fingerprint density at radius 3 is 2.41 bits per heavy atom. The molecule has 0 atom stereocenters. The molecular weight excluding hydrogens is 278 g/mol. The fourth-order valence-electron chi connectivity index (χ4n) is 1.72. The van der Waals surface area contributed by atoms with Crippen LogP contribution >= 0.6 is 15.9 Å². The number of hydrogen-bond donors (Lipinski definition) is 0. The lowest BCUT2D eigenvalue weighted by Crippen LogP contribution is -2.18. The van der Waals surface area contributed by atoms with Gasteiger partial charge in [-0.3, -0.25) is 9.36 Å². The molecule has 0 spiro atoms. The van der Waals surface area contributed by atoms with Crippen LogP contribution in [0.2, 0.25) is 0 Å². The van der Waals surface area contributed by atoms with Gasteiger partial charge in [-0.05, 0) is 37.1 Å². The molecule has 2 nitrogen and oxygen atoms in total. The van der Waals surface area contributed by atoms with Crippen LogP contribution in [0.1, 0.15) is 16.7 Å². The minimum atomic E-state index is 0.00824. The minimum absolute atomic E-state index is 0.00824. The van der Waals surface area contributed by atoms with Gasteiger partial charge in [-0.15, -0.1) is 0 Å². The highest BCUT2D eigenvalue weighted by Gasteiger charge is 2.04. The Morgan fingerprint density at radius 1 is 1.18 bits per heavy atom. The lowest BCUT2D eigenvalue weighted by molar-refractivity contribution is 0.963. The van der Waals surface area contributed by atoms with Crippen molar-refractivity contribution in [3.05, 3.63) is 63.6 Å². The number of hydrogen-bond acceptors (Lipinski definition) is 1. The van der Waals surface area contributed by atoms with Crippen molar-refractivity contribution in [3.63, 3.8) is 0 Å². The van der Waals surface area contributed by atoms with Gasteiger partial charge in [-0.2, -0.15) is 0 Å². The maximum atomic E-state index is 12.0. The monoisotopic (exact) mass is 291 g/mol. The summed E-state index contributed by atoms with van der Waals surface area (Å²) >= 11 is 3.38. The molecule has 1 heterocycles. The zero-order valence-corrected chi connectivity index (χ0v) is 11.5. The molecule has 0 saturated heterocycles. The molecule has 0 radical (unpaired) electrons. The standard InChI is InChI=1S/C14H14BrNO/c1-10-3-5-13(6-4-10)16-9-11(2)12(8-15)7-14(16)17/h3-7,9H,8H2,1-2H3. The normalized spacial score (nSPS) is 10.5. The highest BCUT2D eigenvalue weighted by molar-refractivity contribution is 9.08. The van der Waals surface area contributed by atoms with Crippen molar-refractivity contribution >= 4 is 15.9 Å². The van der Waals surface area contributed by atoms with Gasteiger partial charge in [-0.25, -0.2) is 0 Å². The van der Waals surface area contributed by atoms with E-state index < -0.39 is 0 Å². The van der Waals surface area contributed by atoms with E-state index in [1.165, 1.54) is 5.56 Å². The van der Waals surface area contributed by atoms with Gasteiger partial charge >= 0.3 is 0 Å². The van der Waals surface area contributed by atoms with Crippen LogP contribution in [0.3, 0.4) is 0 Å². The van der Waals surface area contributed by atoms with Crippen molar-refractivity contribution in [2.45, 2.75) is 19.2 Å². The molecule has 0 fully saturated rings. The quantitative estimate of drug-likeness (QED) is 0.778. The molecule has 0 amide bonds. The third-order valence-corrected chi connectivity index (χ3v) is 3.42.